The minimum absolute atomic E-state index is 0.132. The molecule has 2 aliphatic rings. The predicted octanol–water partition coefficient (Wildman–Crippen LogP) is 7.13. The normalized spacial score (nSPS) is 23.7. The molecule has 0 radical (unpaired) electrons. The van der Waals surface area contributed by atoms with E-state index in [1.807, 2.05) is 0 Å². The lowest BCUT2D eigenvalue weighted by atomic mass is 9.84. The molecule has 0 amide bonds. The molecule has 3 rings (SSSR count). The first-order valence-electron chi connectivity index (χ1n) is 12.2. The maximum atomic E-state index is 13.9. The number of benzene rings is 1. The Bertz CT molecular complexity index is 616. The van der Waals surface area contributed by atoms with Crippen LogP contribution in [0, 0.1) is 5.92 Å². The predicted molar refractivity (Wildman–Crippen MR) is 119 cm³/mol. The van der Waals surface area contributed by atoms with Crippen LogP contribution in [0.3, 0.4) is 0 Å². The molecule has 2 aliphatic carbocycles. The summed E-state index contributed by atoms with van der Waals surface area (Å²) in [5, 5.41) is 0. The molecule has 3 nitrogen and oxygen atoms in total. The van der Waals surface area contributed by atoms with E-state index in [0.29, 0.717) is 12.5 Å². The third-order valence-electron chi connectivity index (χ3n) is 6.84. The molecule has 0 aromatic heterocycles. The number of hydrogen-bond donors (Lipinski definition) is 0. The standard InChI is InChI=1S/C26H39FO3/c1-2-3-5-10-25(27)26(28)30-24-15-11-20(12-16-24)19-29-23-17-13-22(14-18-23)21-8-6-4-7-9-21/h13-14,17-18,20-21,24-25H,2-12,15-16,19H2,1H3/t20?,24?,25-/m1/s1. The molecule has 2 fully saturated rings. The van der Waals surface area contributed by atoms with E-state index >= 15 is 0 Å². The van der Waals surface area contributed by atoms with Gasteiger partial charge in [0.1, 0.15) is 11.9 Å². The maximum Gasteiger partial charge on any atom is 0.340 e. The Morgan fingerprint density at radius 3 is 2.37 bits per heavy atom. The van der Waals surface area contributed by atoms with Gasteiger partial charge in [-0.25, -0.2) is 9.18 Å². The van der Waals surface area contributed by atoms with Crippen LogP contribution in [0.15, 0.2) is 24.3 Å². The van der Waals surface area contributed by atoms with E-state index in [4.69, 9.17) is 9.47 Å². The van der Waals surface area contributed by atoms with E-state index in [0.717, 1.165) is 56.6 Å². The second kappa shape index (κ2) is 12.3. The third-order valence-corrected chi connectivity index (χ3v) is 6.84. The Kier molecular flexibility index (Phi) is 9.48. The summed E-state index contributed by atoms with van der Waals surface area (Å²) in [5.74, 6) is 1.48. The Morgan fingerprint density at radius 2 is 1.70 bits per heavy atom. The number of rotatable bonds is 10. The summed E-state index contributed by atoms with van der Waals surface area (Å²) in [4.78, 5) is 11.9. The largest absolute Gasteiger partial charge is 0.493 e. The van der Waals surface area contributed by atoms with E-state index < -0.39 is 12.1 Å². The molecule has 0 bridgehead atoms. The SMILES string of the molecule is CCCCC[C@@H](F)C(=O)OC1CCC(COc2ccc(C3CCCCC3)cc2)CC1. The summed E-state index contributed by atoms with van der Waals surface area (Å²) in [6, 6.07) is 8.68. The van der Waals surface area contributed by atoms with Crippen LogP contribution in [0.4, 0.5) is 4.39 Å². The molecular formula is C26H39FO3. The van der Waals surface area contributed by atoms with Crippen molar-refractivity contribution in [3.63, 3.8) is 0 Å². The fraction of sp³-hybridized carbons (Fsp3) is 0.731. The smallest absolute Gasteiger partial charge is 0.340 e. The lowest BCUT2D eigenvalue weighted by Crippen LogP contribution is -2.30. The van der Waals surface area contributed by atoms with Crippen molar-refractivity contribution in [3.8, 4) is 5.75 Å². The molecule has 1 aromatic rings. The molecule has 0 saturated heterocycles. The van der Waals surface area contributed by atoms with E-state index in [2.05, 4.69) is 31.2 Å². The molecule has 1 aromatic carbocycles. The van der Waals surface area contributed by atoms with Crippen LogP contribution in [-0.4, -0.2) is 24.9 Å². The fourth-order valence-corrected chi connectivity index (χ4v) is 4.83. The zero-order valence-electron chi connectivity index (χ0n) is 18.6. The zero-order valence-corrected chi connectivity index (χ0v) is 18.6. The highest BCUT2D eigenvalue weighted by Gasteiger charge is 2.27. The van der Waals surface area contributed by atoms with E-state index in [-0.39, 0.29) is 12.5 Å². The van der Waals surface area contributed by atoms with Crippen molar-refractivity contribution >= 4 is 5.97 Å². The van der Waals surface area contributed by atoms with Gasteiger partial charge in [-0.05, 0) is 80.9 Å². The van der Waals surface area contributed by atoms with Crippen molar-refractivity contribution in [2.45, 2.75) is 109 Å². The number of unbranched alkanes of at least 4 members (excludes halogenated alkanes) is 2. The van der Waals surface area contributed by atoms with Crippen LogP contribution in [0.25, 0.3) is 0 Å². The average Bonchev–Trinajstić information content (AvgIpc) is 2.79. The monoisotopic (exact) mass is 418 g/mol. The van der Waals surface area contributed by atoms with Crippen LogP contribution < -0.4 is 4.74 Å². The molecular weight excluding hydrogens is 379 g/mol. The van der Waals surface area contributed by atoms with Crippen molar-refractivity contribution in [2.75, 3.05) is 6.61 Å². The number of carbonyl (C=O) groups is 1. The number of esters is 1. The minimum Gasteiger partial charge on any atom is -0.493 e. The molecule has 168 valence electrons. The van der Waals surface area contributed by atoms with Crippen molar-refractivity contribution < 1.29 is 18.7 Å². The van der Waals surface area contributed by atoms with Crippen LogP contribution in [-0.2, 0) is 9.53 Å². The van der Waals surface area contributed by atoms with Gasteiger partial charge in [0.25, 0.3) is 0 Å². The molecule has 2 saturated carbocycles. The third kappa shape index (κ3) is 7.28. The van der Waals surface area contributed by atoms with Crippen molar-refractivity contribution in [1.29, 1.82) is 0 Å². The van der Waals surface area contributed by atoms with Gasteiger partial charge in [-0.15, -0.1) is 0 Å². The Morgan fingerprint density at radius 1 is 1.00 bits per heavy atom. The molecule has 30 heavy (non-hydrogen) atoms. The van der Waals surface area contributed by atoms with Gasteiger partial charge in [0, 0.05) is 0 Å². The quantitative estimate of drug-likeness (QED) is 0.299. The highest BCUT2D eigenvalue weighted by molar-refractivity contribution is 5.74. The van der Waals surface area contributed by atoms with E-state index in [1.54, 1.807) is 0 Å². The number of ether oxygens (including phenoxy) is 2. The van der Waals surface area contributed by atoms with E-state index in [9.17, 15) is 9.18 Å². The van der Waals surface area contributed by atoms with Crippen molar-refractivity contribution in [3.05, 3.63) is 29.8 Å². The van der Waals surface area contributed by atoms with Crippen LogP contribution >= 0.6 is 0 Å². The summed E-state index contributed by atoms with van der Waals surface area (Å²) in [7, 11) is 0. The first kappa shape index (κ1) is 23.1. The maximum absolute atomic E-state index is 13.9. The topological polar surface area (TPSA) is 35.5 Å². The Balaban J connectivity index is 1.33. The molecule has 0 N–H and O–H groups in total. The van der Waals surface area contributed by atoms with E-state index in [1.165, 1.54) is 37.7 Å². The molecule has 0 aliphatic heterocycles. The summed E-state index contributed by atoms with van der Waals surface area (Å²) < 4.78 is 25.4. The molecule has 0 spiro atoms. The van der Waals surface area contributed by atoms with Gasteiger partial charge in [-0.2, -0.15) is 0 Å². The first-order valence-corrected chi connectivity index (χ1v) is 12.2. The summed E-state index contributed by atoms with van der Waals surface area (Å²) in [6.45, 7) is 2.77. The number of halogens is 1. The Hall–Kier alpha value is -1.58. The van der Waals surface area contributed by atoms with Crippen molar-refractivity contribution in [1.82, 2.24) is 0 Å². The van der Waals surface area contributed by atoms with Gasteiger partial charge in [0.05, 0.1) is 6.61 Å². The highest BCUT2D eigenvalue weighted by atomic mass is 19.1. The second-order valence-electron chi connectivity index (χ2n) is 9.26. The molecule has 0 heterocycles. The van der Waals surface area contributed by atoms with Crippen LogP contribution in [0.5, 0.6) is 5.75 Å². The van der Waals surface area contributed by atoms with Gasteiger partial charge in [-0.3, -0.25) is 0 Å². The average molecular weight is 419 g/mol. The summed E-state index contributed by atoms with van der Waals surface area (Å²) in [5.41, 5.74) is 1.45. The number of hydrogen-bond acceptors (Lipinski definition) is 3. The number of carbonyl (C=O) groups excluding carboxylic acids is 1. The van der Waals surface area contributed by atoms with Gasteiger partial charge in [0.15, 0.2) is 6.17 Å². The Labute approximate surface area is 181 Å². The lowest BCUT2D eigenvalue weighted by Gasteiger charge is -2.28. The van der Waals surface area contributed by atoms with Crippen LogP contribution in [0.1, 0.15) is 102 Å². The van der Waals surface area contributed by atoms with Gasteiger partial charge >= 0.3 is 5.97 Å². The fourth-order valence-electron chi connectivity index (χ4n) is 4.83. The van der Waals surface area contributed by atoms with Gasteiger partial charge in [-0.1, -0.05) is 51.2 Å². The molecule has 0 unspecified atom stereocenters. The second-order valence-corrected chi connectivity index (χ2v) is 9.26. The lowest BCUT2D eigenvalue weighted by molar-refractivity contribution is -0.157. The zero-order chi connectivity index (χ0) is 21.2. The minimum atomic E-state index is -1.46. The highest BCUT2D eigenvalue weighted by Crippen LogP contribution is 2.33. The summed E-state index contributed by atoms with van der Waals surface area (Å²) >= 11 is 0. The first-order chi connectivity index (χ1) is 14.7. The summed E-state index contributed by atoms with van der Waals surface area (Å²) in [6.07, 6.45) is 11.7. The molecule has 1 atom stereocenters. The van der Waals surface area contributed by atoms with Crippen molar-refractivity contribution in [2.24, 2.45) is 5.92 Å². The molecule has 4 heteroatoms. The van der Waals surface area contributed by atoms with Gasteiger partial charge < -0.3 is 9.47 Å². The van der Waals surface area contributed by atoms with Crippen LogP contribution in [0.2, 0.25) is 0 Å². The van der Waals surface area contributed by atoms with Gasteiger partial charge in [0.2, 0.25) is 0 Å². The number of alkyl halides is 1.